The number of hydrogen-bond donors (Lipinski definition) is 0. The molecular weight excluding hydrogens is 362 g/mol. The molecule has 0 radical (unpaired) electrons. The molecule has 0 amide bonds. The van der Waals surface area contributed by atoms with Gasteiger partial charge in [0.25, 0.3) is 0 Å². The molecule has 1 saturated heterocycles. The molecule has 7 nitrogen and oxygen atoms in total. The van der Waals surface area contributed by atoms with Crippen LogP contribution in [0.3, 0.4) is 0 Å². The van der Waals surface area contributed by atoms with E-state index in [1.807, 2.05) is 43.3 Å². The highest BCUT2D eigenvalue weighted by molar-refractivity contribution is 7.89. The molecule has 2 aromatic heterocycles. The lowest BCUT2D eigenvalue weighted by atomic mass is 10.3. The maximum Gasteiger partial charge on any atom is 0.244 e. The van der Waals surface area contributed by atoms with Crippen molar-refractivity contribution in [3.8, 4) is 0 Å². The van der Waals surface area contributed by atoms with Gasteiger partial charge in [0.05, 0.1) is 17.6 Å². The number of fused-ring (bicyclic) bond motifs is 1. The number of benzene rings is 1. The van der Waals surface area contributed by atoms with Crippen LogP contribution in [0.1, 0.15) is 18.7 Å². The Hall–Kier alpha value is -2.45. The van der Waals surface area contributed by atoms with E-state index in [1.165, 1.54) is 10.5 Å². The number of para-hydroxylation sites is 2. The first-order valence-electron chi connectivity index (χ1n) is 9.04. The van der Waals surface area contributed by atoms with E-state index in [0.29, 0.717) is 25.5 Å². The zero-order chi connectivity index (χ0) is 19.0. The molecule has 0 bridgehead atoms. The fraction of sp³-hybridized carbons (Fsp3) is 0.368. The fourth-order valence-electron chi connectivity index (χ4n) is 3.46. The van der Waals surface area contributed by atoms with Gasteiger partial charge in [0.1, 0.15) is 16.5 Å². The number of anilines is 1. The van der Waals surface area contributed by atoms with Crippen LogP contribution in [-0.2, 0) is 23.6 Å². The second-order valence-electron chi connectivity index (χ2n) is 6.90. The molecule has 1 aliphatic rings. The number of aromatic nitrogens is 3. The molecule has 3 aromatic rings. The van der Waals surface area contributed by atoms with Crippen LogP contribution >= 0.6 is 0 Å². The minimum Gasteiger partial charge on any atom is -0.352 e. The van der Waals surface area contributed by atoms with Crippen LogP contribution in [0.2, 0.25) is 0 Å². The van der Waals surface area contributed by atoms with E-state index in [0.717, 1.165) is 29.7 Å². The Morgan fingerprint density at radius 2 is 1.85 bits per heavy atom. The van der Waals surface area contributed by atoms with Crippen LogP contribution in [0.25, 0.3) is 11.0 Å². The van der Waals surface area contributed by atoms with E-state index in [9.17, 15) is 8.42 Å². The summed E-state index contributed by atoms with van der Waals surface area (Å²) in [6, 6.07) is 11.4. The van der Waals surface area contributed by atoms with E-state index in [1.54, 1.807) is 12.1 Å². The maximum absolute atomic E-state index is 12.6. The molecule has 8 heteroatoms. The second kappa shape index (κ2) is 6.94. The summed E-state index contributed by atoms with van der Waals surface area (Å²) >= 11 is 0. The van der Waals surface area contributed by atoms with Crippen molar-refractivity contribution in [1.82, 2.24) is 18.8 Å². The summed E-state index contributed by atoms with van der Waals surface area (Å²) in [7, 11) is 0.496. The summed E-state index contributed by atoms with van der Waals surface area (Å²) in [6.45, 7) is 1.77. The van der Waals surface area contributed by atoms with Gasteiger partial charge < -0.3 is 9.47 Å². The Kier molecular flexibility index (Phi) is 4.61. The van der Waals surface area contributed by atoms with Crippen LogP contribution in [0, 0.1) is 0 Å². The Morgan fingerprint density at radius 1 is 1.11 bits per heavy atom. The summed E-state index contributed by atoms with van der Waals surface area (Å²) in [5, 5.41) is 0. The molecule has 27 heavy (non-hydrogen) atoms. The highest BCUT2D eigenvalue weighted by Crippen LogP contribution is 2.22. The topological polar surface area (TPSA) is 71.3 Å². The predicted octanol–water partition coefficient (Wildman–Crippen LogP) is 2.39. The molecule has 0 N–H and O–H groups in total. The van der Waals surface area contributed by atoms with E-state index in [4.69, 9.17) is 0 Å². The van der Waals surface area contributed by atoms with E-state index in [2.05, 4.69) is 14.5 Å². The van der Waals surface area contributed by atoms with Gasteiger partial charge in [0.15, 0.2) is 0 Å². The van der Waals surface area contributed by atoms with Crippen molar-refractivity contribution in [1.29, 1.82) is 0 Å². The number of nitrogens with zero attached hydrogens (tertiary/aromatic N) is 5. The van der Waals surface area contributed by atoms with Gasteiger partial charge >= 0.3 is 0 Å². The number of aryl methyl sites for hydroxylation is 1. The molecule has 1 aromatic carbocycles. The highest BCUT2D eigenvalue weighted by atomic mass is 32.2. The van der Waals surface area contributed by atoms with Gasteiger partial charge in [0.2, 0.25) is 10.0 Å². The first-order chi connectivity index (χ1) is 13.0. The molecule has 0 unspecified atom stereocenters. The third-order valence-electron chi connectivity index (χ3n) is 5.07. The molecule has 4 rings (SSSR count). The zero-order valence-corrected chi connectivity index (χ0v) is 16.4. The average molecular weight is 385 g/mol. The van der Waals surface area contributed by atoms with Crippen molar-refractivity contribution >= 4 is 26.9 Å². The molecule has 0 saturated carbocycles. The number of imidazole rings is 1. The van der Waals surface area contributed by atoms with Crippen molar-refractivity contribution in [2.45, 2.75) is 24.3 Å². The largest absolute Gasteiger partial charge is 0.352 e. The van der Waals surface area contributed by atoms with E-state index < -0.39 is 10.0 Å². The van der Waals surface area contributed by atoms with Gasteiger partial charge in [-0.25, -0.2) is 18.4 Å². The van der Waals surface area contributed by atoms with Gasteiger partial charge in [-0.15, -0.1) is 0 Å². The molecule has 0 spiro atoms. The Morgan fingerprint density at radius 3 is 2.52 bits per heavy atom. The highest BCUT2D eigenvalue weighted by Gasteiger charge is 2.27. The molecule has 0 aliphatic carbocycles. The van der Waals surface area contributed by atoms with Crippen molar-refractivity contribution < 1.29 is 8.42 Å². The van der Waals surface area contributed by atoms with Gasteiger partial charge in [0, 0.05) is 33.4 Å². The van der Waals surface area contributed by atoms with Crippen LogP contribution in [-0.4, -0.2) is 47.4 Å². The standard InChI is InChI=1S/C19H23N5O2S/c1-22(14-19-21-16-7-3-4-8-17(16)23(19)2)18-10-9-15(13-20-18)27(25,26)24-11-5-6-12-24/h3-4,7-10,13H,5-6,11-12,14H2,1-2H3. The van der Waals surface area contributed by atoms with Crippen molar-refractivity contribution in [3.05, 3.63) is 48.4 Å². The maximum atomic E-state index is 12.6. The van der Waals surface area contributed by atoms with Gasteiger partial charge in [-0.1, -0.05) is 12.1 Å². The Bertz CT molecular complexity index is 1050. The van der Waals surface area contributed by atoms with E-state index >= 15 is 0 Å². The normalized spacial score (nSPS) is 15.5. The number of rotatable bonds is 5. The monoisotopic (exact) mass is 385 g/mol. The molecular formula is C19H23N5O2S. The molecule has 1 fully saturated rings. The molecule has 0 atom stereocenters. The SMILES string of the molecule is CN(Cc1nc2ccccc2n1C)c1ccc(S(=O)(=O)N2CCCC2)cn1. The lowest BCUT2D eigenvalue weighted by Gasteiger charge is -2.19. The first-order valence-corrected chi connectivity index (χ1v) is 10.5. The smallest absolute Gasteiger partial charge is 0.244 e. The van der Waals surface area contributed by atoms with Crippen molar-refractivity contribution in [2.75, 3.05) is 25.0 Å². The Labute approximate surface area is 159 Å². The second-order valence-corrected chi connectivity index (χ2v) is 8.83. The minimum atomic E-state index is -3.43. The Balaban J connectivity index is 1.54. The average Bonchev–Trinajstić information content (AvgIpc) is 3.32. The molecule has 142 valence electrons. The predicted molar refractivity (Wildman–Crippen MR) is 105 cm³/mol. The number of sulfonamides is 1. The molecule has 1 aliphatic heterocycles. The van der Waals surface area contributed by atoms with Crippen LogP contribution in [0.5, 0.6) is 0 Å². The summed E-state index contributed by atoms with van der Waals surface area (Å²) in [5.41, 5.74) is 2.05. The van der Waals surface area contributed by atoms with Gasteiger partial charge in [-0.05, 0) is 37.1 Å². The lowest BCUT2D eigenvalue weighted by Crippen LogP contribution is -2.28. The lowest BCUT2D eigenvalue weighted by molar-refractivity contribution is 0.477. The first kappa shape index (κ1) is 17.9. The van der Waals surface area contributed by atoms with Crippen LogP contribution in [0.4, 0.5) is 5.82 Å². The van der Waals surface area contributed by atoms with Crippen LogP contribution in [0.15, 0.2) is 47.5 Å². The number of hydrogen-bond acceptors (Lipinski definition) is 5. The van der Waals surface area contributed by atoms with Crippen molar-refractivity contribution in [2.24, 2.45) is 7.05 Å². The van der Waals surface area contributed by atoms with Gasteiger partial charge in [-0.2, -0.15) is 4.31 Å². The zero-order valence-electron chi connectivity index (χ0n) is 15.5. The van der Waals surface area contributed by atoms with Crippen molar-refractivity contribution in [3.63, 3.8) is 0 Å². The summed E-state index contributed by atoms with van der Waals surface area (Å²) < 4.78 is 28.8. The third-order valence-corrected chi connectivity index (χ3v) is 6.96. The van der Waals surface area contributed by atoms with Crippen LogP contribution < -0.4 is 4.90 Å². The van der Waals surface area contributed by atoms with E-state index in [-0.39, 0.29) is 4.90 Å². The fourth-order valence-corrected chi connectivity index (χ4v) is 4.92. The third kappa shape index (κ3) is 3.30. The van der Waals surface area contributed by atoms with Gasteiger partial charge in [-0.3, -0.25) is 0 Å². The minimum absolute atomic E-state index is 0.254. The number of pyridine rings is 1. The molecule has 3 heterocycles. The quantitative estimate of drug-likeness (QED) is 0.674. The summed E-state index contributed by atoms with van der Waals surface area (Å²) in [6.07, 6.45) is 3.30. The summed E-state index contributed by atoms with van der Waals surface area (Å²) in [4.78, 5) is 11.3. The summed E-state index contributed by atoms with van der Waals surface area (Å²) in [5.74, 6) is 1.64.